The van der Waals surface area contributed by atoms with Gasteiger partial charge in [0, 0.05) is 21.7 Å². The molecule has 0 heterocycles. The van der Waals surface area contributed by atoms with Gasteiger partial charge in [-0.3, -0.25) is 9.59 Å². The van der Waals surface area contributed by atoms with E-state index in [2.05, 4.69) is 0 Å². The van der Waals surface area contributed by atoms with E-state index in [-0.39, 0.29) is 22.8 Å². The van der Waals surface area contributed by atoms with Crippen LogP contribution in [-0.4, -0.2) is 11.6 Å². The lowest BCUT2D eigenvalue weighted by Gasteiger charge is -2.19. The van der Waals surface area contributed by atoms with Gasteiger partial charge in [0.1, 0.15) is 0 Å². The van der Waals surface area contributed by atoms with E-state index in [4.69, 9.17) is 17.3 Å². The maximum atomic E-state index is 12.6. The first kappa shape index (κ1) is 12.6. The quantitative estimate of drug-likeness (QED) is 0.875. The molecule has 1 aliphatic carbocycles. The normalized spacial score (nSPS) is 14.4. The number of benzene rings is 2. The smallest absolute Gasteiger partial charge is 0.210 e. The largest absolute Gasteiger partial charge is 0.395 e. The fourth-order valence-corrected chi connectivity index (χ4v) is 2.56. The summed E-state index contributed by atoms with van der Waals surface area (Å²) in [6.45, 7) is 0. The zero-order valence-corrected chi connectivity index (χ0v) is 11.1. The maximum Gasteiger partial charge on any atom is 0.210 e. The molecule has 0 radical (unpaired) electrons. The lowest BCUT2D eigenvalue weighted by molar-refractivity contribution is 0.0990. The second kappa shape index (κ2) is 4.62. The van der Waals surface area contributed by atoms with Gasteiger partial charge in [0.15, 0.2) is 5.78 Å². The van der Waals surface area contributed by atoms with Gasteiger partial charge >= 0.3 is 0 Å². The molecule has 2 aromatic rings. The number of hydrogen-bond acceptors (Lipinski definition) is 3. The molecule has 3 rings (SSSR count). The van der Waals surface area contributed by atoms with Gasteiger partial charge in [-0.25, -0.2) is 0 Å². The molecule has 0 aliphatic heterocycles. The predicted molar refractivity (Wildman–Crippen MR) is 77.7 cm³/mol. The maximum absolute atomic E-state index is 12.6. The van der Waals surface area contributed by atoms with Crippen LogP contribution in [0.4, 0.5) is 0 Å². The molecule has 1 aliphatic rings. The van der Waals surface area contributed by atoms with E-state index in [0.717, 1.165) is 0 Å². The highest BCUT2D eigenvalue weighted by molar-refractivity contribution is 6.43. The number of rotatable bonds is 1. The van der Waals surface area contributed by atoms with Gasteiger partial charge in [-0.2, -0.15) is 0 Å². The standard InChI is InChI=1S/C16H10ClNO2/c17-12-8-4-3-7-11(12)13-14(18)16(20)10-6-2-1-5-9(10)15(13)19/h1-8H,18H2. The molecule has 0 amide bonds. The van der Waals surface area contributed by atoms with E-state index in [9.17, 15) is 9.59 Å². The van der Waals surface area contributed by atoms with Crippen molar-refractivity contribution in [2.45, 2.75) is 0 Å². The molecule has 0 atom stereocenters. The number of carbonyl (C=O) groups excluding carboxylic acids is 2. The lowest BCUT2D eigenvalue weighted by Crippen LogP contribution is -2.25. The van der Waals surface area contributed by atoms with Crippen molar-refractivity contribution in [2.24, 2.45) is 5.73 Å². The van der Waals surface area contributed by atoms with E-state index in [1.54, 1.807) is 48.5 Å². The molecule has 0 bridgehead atoms. The lowest BCUT2D eigenvalue weighted by atomic mass is 9.84. The summed E-state index contributed by atoms with van der Waals surface area (Å²) in [5, 5.41) is 0.394. The molecule has 2 N–H and O–H groups in total. The van der Waals surface area contributed by atoms with Crippen molar-refractivity contribution < 1.29 is 9.59 Å². The van der Waals surface area contributed by atoms with Crippen molar-refractivity contribution >= 4 is 28.7 Å². The Labute approximate surface area is 120 Å². The van der Waals surface area contributed by atoms with Crippen molar-refractivity contribution in [3.63, 3.8) is 0 Å². The number of fused-ring (bicyclic) bond motifs is 1. The number of Topliss-reactive ketones (excluding diaryl/α,β-unsaturated/α-hetero) is 2. The highest BCUT2D eigenvalue weighted by Crippen LogP contribution is 2.33. The summed E-state index contributed by atoms with van der Waals surface area (Å²) in [6, 6.07) is 13.5. The number of ketones is 2. The third-order valence-corrected chi connectivity index (χ3v) is 3.63. The van der Waals surface area contributed by atoms with Crippen LogP contribution in [0.5, 0.6) is 0 Å². The Hall–Kier alpha value is -2.39. The van der Waals surface area contributed by atoms with E-state index in [1.807, 2.05) is 0 Å². The zero-order chi connectivity index (χ0) is 14.3. The van der Waals surface area contributed by atoms with Crippen molar-refractivity contribution in [1.29, 1.82) is 0 Å². The average Bonchev–Trinajstić information content (AvgIpc) is 2.47. The summed E-state index contributed by atoms with van der Waals surface area (Å²) in [4.78, 5) is 24.9. The van der Waals surface area contributed by atoms with Crippen LogP contribution in [0.1, 0.15) is 26.3 Å². The first-order valence-electron chi connectivity index (χ1n) is 6.04. The highest BCUT2D eigenvalue weighted by Gasteiger charge is 2.31. The Morgan fingerprint density at radius 3 is 1.85 bits per heavy atom. The Bertz CT molecular complexity index is 778. The molecule has 20 heavy (non-hydrogen) atoms. The van der Waals surface area contributed by atoms with Crippen molar-refractivity contribution in [1.82, 2.24) is 0 Å². The van der Waals surface area contributed by atoms with Gasteiger partial charge in [0.2, 0.25) is 5.78 Å². The van der Waals surface area contributed by atoms with Crippen LogP contribution in [-0.2, 0) is 0 Å². The van der Waals surface area contributed by atoms with E-state index in [1.165, 1.54) is 0 Å². The number of allylic oxidation sites excluding steroid dienone is 2. The summed E-state index contributed by atoms with van der Waals surface area (Å²) < 4.78 is 0. The Balaban J connectivity index is 2.28. The van der Waals surface area contributed by atoms with Crippen LogP contribution >= 0.6 is 11.6 Å². The van der Waals surface area contributed by atoms with Crippen molar-refractivity contribution in [3.8, 4) is 0 Å². The number of nitrogens with two attached hydrogens (primary N) is 1. The van der Waals surface area contributed by atoms with E-state index < -0.39 is 0 Å². The average molecular weight is 284 g/mol. The topological polar surface area (TPSA) is 60.2 Å². The third kappa shape index (κ3) is 1.75. The molecule has 0 saturated heterocycles. The molecule has 0 spiro atoms. The molecule has 2 aromatic carbocycles. The number of carbonyl (C=O) groups is 2. The highest BCUT2D eigenvalue weighted by atomic mass is 35.5. The summed E-state index contributed by atoms with van der Waals surface area (Å²) >= 11 is 6.11. The molecule has 0 unspecified atom stereocenters. The Morgan fingerprint density at radius 1 is 0.750 bits per heavy atom. The monoisotopic (exact) mass is 283 g/mol. The number of hydrogen-bond donors (Lipinski definition) is 1. The van der Waals surface area contributed by atoms with Gasteiger partial charge in [0.25, 0.3) is 0 Å². The van der Waals surface area contributed by atoms with Crippen LogP contribution in [0.2, 0.25) is 5.02 Å². The summed E-state index contributed by atoms with van der Waals surface area (Å²) in [5.41, 5.74) is 7.19. The first-order valence-corrected chi connectivity index (χ1v) is 6.42. The SMILES string of the molecule is NC1=C(c2ccccc2Cl)C(=O)c2ccccc2C1=O. The molecule has 0 fully saturated rings. The molecule has 0 aromatic heterocycles. The minimum absolute atomic E-state index is 0.0539. The van der Waals surface area contributed by atoms with Gasteiger partial charge in [-0.05, 0) is 6.07 Å². The fraction of sp³-hybridized carbons (Fsp3) is 0. The zero-order valence-electron chi connectivity index (χ0n) is 10.4. The van der Waals surface area contributed by atoms with Gasteiger partial charge in [-0.15, -0.1) is 0 Å². The van der Waals surface area contributed by atoms with Crippen LogP contribution in [0.15, 0.2) is 54.2 Å². The van der Waals surface area contributed by atoms with Gasteiger partial charge in [-0.1, -0.05) is 54.1 Å². The predicted octanol–water partition coefficient (Wildman–Crippen LogP) is 3.09. The van der Waals surface area contributed by atoms with Crippen LogP contribution in [0, 0.1) is 0 Å². The second-order valence-electron chi connectivity index (χ2n) is 4.47. The van der Waals surface area contributed by atoms with Crippen molar-refractivity contribution in [3.05, 3.63) is 75.9 Å². The van der Waals surface area contributed by atoms with Crippen LogP contribution in [0.25, 0.3) is 5.57 Å². The molecule has 3 nitrogen and oxygen atoms in total. The summed E-state index contributed by atoms with van der Waals surface area (Å²) in [5.74, 6) is -0.610. The molecular weight excluding hydrogens is 274 g/mol. The molecule has 0 saturated carbocycles. The van der Waals surface area contributed by atoms with Crippen molar-refractivity contribution in [2.75, 3.05) is 0 Å². The second-order valence-corrected chi connectivity index (χ2v) is 4.88. The van der Waals surface area contributed by atoms with Crippen LogP contribution < -0.4 is 5.73 Å². The molecule has 98 valence electrons. The van der Waals surface area contributed by atoms with Gasteiger partial charge < -0.3 is 5.73 Å². The fourth-order valence-electron chi connectivity index (χ4n) is 2.33. The summed E-state index contributed by atoms with van der Waals surface area (Å²) in [6.07, 6.45) is 0. The van der Waals surface area contributed by atoms with Gasteiger partial charge in [0.05, 0.1) is 11.3 Å². The van der Waals surface area contributed by atoms with E-state index >= 15 is 0 Å². The third-order valence-electron chi connectivity index (χ3n) is 3.30. The minimum atomic E-state index is -0.338. The van der Waals surface area contributed by atoms with E-state index in [0.29, 0.717) is 21.7 Å². The molecular formula is C16H10ClNO2. The molecule has 4 heteroatoms. The minimum Gasteiger partial charge on any atom is -0.395 e. The first-order chi connectivity index (χ1) is 9.61. The number of halogens is 1. The van der Waals surface area contributed by atoms with Crippen LogP contribution in [0.3, 0.4) is 0 Å². The Morgan fingerprint density at radius 2 is 1.25 bits per heavy atom. The summed E-state index contributed by atoms with van der Waals surface area (Å²) in [7, 11) is 0. The Kier molecular flexibility index (Phi) is 2.92.